The molecule has 0 aromatic heterocycles. The molecule has 0 aromatic carbocycles. The van der Waals surface area contributed by atoms with Gasteiger partial charge in [-0.25, -0.2) is 12.7 Å². The SMILES string of the molecule is CCS(=O)(=O)N1CCC(N(CCOC2CCCCC2C)CC(=O)O)CC1. The van der Waals surface area contributed by atoms with Crippen LogP contribution in [0.3, 0.4) is 0 Å². The molecule has 7 nitrogen and oxygen atoms in total. The molecule has 0 aromatic rings. The summed E-state index contributed by atoms with van der Waals surface area (Å²) in [6, 6.07) is 0.0989. The van der Waals surface area contributed by atoms with Crippen molar-refractivity contribution < 1.29 is 23.1 Å². The summed E-state index contributed by atoms with van der Waals surface area (Å²) in [7, 11) is -3.16. The van der Waals surface area contributed by atoms with Gasteiger partial charge in [-0.15, -0.1) is 0 Å². The summed E-state index contributed by atoms with van der Waals surface area (Å²) >= 11 is 0. The number of rotatable bonds is 9. The van der Waals surface area contributed by atoms with Crippen LogP contribution in [-0.2, 0) is 19.6 Å². The Morgan fingerprint density at radius 3 is 2.42 bits per heavy atom. The number of hydrogen-bond donors (Lipinski definition) is 1. The Morgan fingerprint density at radius 2 is 1.85 bits per heavy atom. The lowest BCUT2D eigenvalue weighted by Crippen LogP contribution is -2.49. The Balaban J connectivity index is 1.84. The van der Waals surface area contributed by atoms with E-state index in [4.69, 9.17) is 4.74 Å². The second-order valence-electron chi connectivity index (χ2n) is 7.57. The van der Waals surface area contributed by atoms with E-state index in [-0.39, 0.29) is 24.4 Å². The van der Waals surface area contributed by atoms with Crippen molar-refractivity contribution in [1.29, 1.82) is 0 Å². The van der Waals surface area contributed by atoms with Crippen LogP contribution in [0.25, 0.3) is 0 Å². The highest BCUT2D eigenvalue weighted by atomic mass is 32.2. The van der Waals surface area contributed by atoms with Gasteiger partial charge in [-0.1, -0.05) is 19.8 Å². The van der Waals surface area contributed by atoms with E-state index in [0.29, 0.717) is 45.0 Å². The van der Waals surface area contributed by atoms with Gasteiger partial charge in [0.05, 0.1) is 25.0 Å². The Bertz CT molecular complexity index is 546. The topological polar surface area (TPSA) is 87.2 Å². The molecule has 2 rings (SSSR count). The van der Waals surface area contributed by atoms with Crippen LogP contribution in [0.2, 0.25) is 0 Å². The van der Waals surface area contributed by atoms with E-state index < -0.39 is 16.0 Å². The van der Waals surface area contributed by atoms with Gasteiger partial charge in [-0.2, -0.15) is 0 Å². The molecule has 2 unspecified atom stereocenters. The van der Waals surface area contributed by atoms with Gasteiger partial charge >= 0.3 is 5.97 Å². The Morgan fingerprint density at radius 1 is 1.19 bits per heavy atom. The van der Waals surface area contributed by atoms with Crippen molar-refractivity contribution in [2.75, 3.05) is 38.5 Å². The van der Waals surface area contributed by atoms with Crippen LogP contribution in [0, 0.1) is 5.92 Å². The molecular formula is C18H34N2O5S. The minimum atomic E-state index is -3.16. The van der Waals surface area contributed by atoms with E-state index >= 15 is 0 Å². The highest BCUT2D eigenvalue weighted by Crippen LogP contribution is 2.26. The molecule has 152 valence electrons. The number of carboxylic acid groups (broad SMARTS) is 1. The van der Waals surface area contributed by atoms with Crippen molar-refractivity contribution in [3.05, 3.63) is 0 Å². The second kappa shape index (κ2) is 10.0. The highest BCUT2D eigenvalue weighted by Gasteiger charge is 2.30. The average molecular weight is 391 g/mol. The summed E-state index contributed by atoms with van der Waals surface area (Å²) in [6.07, 6.45) is 6.40. The smallest absolute Gasteiger partial charge is 0.317 e. The molecule has 1 saturated carbocycles. The van der Waals surface area contributed by atoms with Gasteiger partial charge in [-0.3, -0.25) is 9.69 Å². The van der Waals surface area contributed by atoms with Crippen molar-refractivity contribution >= 4 is 16.0 Å². The molecule has 0 radical (unpaired) electrons. The zero-order chi connectivity index (χ0) is 19.2. The van der Waals surface area contributed by atoms with Crippen molar-refractivity contribution in [3.8, 4) is 0 Å². The van der Waals surface area contributed by atoms with Gasteiger partial charge in [0.15, 0.2) is 0 Å². The maximum absolute atomic E-state index is 12.0. The minimum Gasteiger partial charge on any atom is -0.480 e. The van der Waals surface area contributed by atoms with Crippen molar-refractivity contribution in [2.24, 2.45) is 5.92 Å². The quantitative estimate of drug-likeness (QED) is 0.646. The van der Waals surface area contributed by atoms with Crippen LogP contribution in [-0.4, -0.2) is 79.4 Å². The van der Waals surface area contributed by atoms with Crippen molar-refractivity contribution in [2.45, 2.75) is 64.5 Å². The summed E-state index contributed by atoms with van der Waals surface area (Å²) in [5.41, 5.74) is 0. The first kappa shape index (κ1) is 21.6. The van der Waals surface area contributed by atoms with Crippen molar-refractivity contribution in [1.82, 2.24) is 9.21 Å². The Labute approximate surface area is 157 Å². The van der Waals surface area contributed by atoms with Gasteiger partial charge in [0.25, 0.3) is 0 Å². The summed E-state index contributed by atoms with van der Waals surface area (Å²) in [4.78, 5) is 13.2. The first-order valence-corrected chi connectivity index (χ1v) is 11.5. The van der Waals surface area contributed by atoms with Crippen LogP contribution in [0.5, 0.6) is 0 Å². The summed E-state index contributed by atoms with van der Waals surface area (Å²) in [5.74, 6) is -0.164. The first-order valence-electron chi connectivity index (χ1n) is 9.88. The highest BCUT2D eigenvalue weighted by molar-refractivity contribution is 7.89. The molecule has 2 fully saturated rings. The number of carboxylic acids is 1. The lowest BCUT2D eigenvalue weighted by Gasteiger charge is -2.37. The maximum Gasteiger partial charge on any atom is 0.317 e. The number of piperidine rings is 1. The lowest BCUT2D eigenvalue weighted by atomic mass is 9.88. The fourth-order valence-corrected chi connectivity index (χ4v) is 5.22. The molecular weight excluding hydrogens is 356 g/mol. The van der Waals surface area contributed by atoms with Crippen LogP contribution in [0.4, 0.5) is 0 Å². The molecule has 1 N–H and O–H groups in total. The number of aliphatic carboxylic acids is 1. The first-order chi connectivity index (χ1) is 12.3. The zero-order valence-corrected chi connectivity index (χ0v) is 16.9. The van der Waals surface area contributed by atoms with E-state index in [1.807, 2.05) is 4.90 Å². The van der Waals surface area contributed by atoms with Crippen LogP contribution < -0.4 is 0 Å². The fourth-order valence-electron chi connectivity index (χ4n) is 4.08. The molecule has 2 aliphatic rings. The summed E-state index contributed by atoms with van der Waals surface area (Å²) < 4.78 is 31.5. The normalized spacial score (nSPS) is 26.3. The van der Waals surface area contributed by atoms with E-state index in [9.17, 15) is 18.3 Å². The second-order valence-corrected chi connectivity index (χ2v) is 9.82. The largest absolute Gasteiger partial charge is 0.480 e. The third kappa shape index (κ3) is 6.18. The molecule has 1 heterocycles. The van der Waals surface area contributed by atoms with Gasteiger partial charge in [0, 0.05) is 25.7 Å². The predicted octanol–water partition coefficient (Wildman–Crippen LogP) is 1.78. The standard InChI is InChI=1S/C18H34N2O5S/c1-3-26(23,24)20-10-8-16(9-11-20)19(14-18(21)22)12-13-25-17-7-5-4-6-15(17)2/h15-17H,3-14H2,1-2H3,(H,21,22). The monoisotopic (exact) mass is 390 g/mol. The van der Waals surface area contributed by atoms with Gasteiger partial charge < -0.3 is 9.84 Å². The fraction of sp³-hybridized carbons (Fsp3) is 0.944. The average Bonchev–Trinajstić information content (AvgIpc) is 2.62. The van der Waals surface area contributed by atoms with Crippen LogP contribution >= 0.6 is 0 Å². The molecule has 1 saturated heterocycles. The Hall–Kier alpha value is -0.700. The maximum atomic E-state index is 12.0. The molecule has 0 bridgehead atoms. The van der Waals surface area contributed by atoms with Crippen molar-refractivity contribution in [3.63, 3.8) is 0 Å². The molecule has 2 atom stereocenters. The van der Waals surface area contributed by atoms with E-state index in [0.717, 1.165) is 6.42 Å². The molecule has 8 heteroatoms. The minimum absolute atomic E-state index is 0.0191. The third-order valence-electron chi connectivity index (χ3n) is 5.78. The third-order valence-corrected chi connectivity index (χ3v) is 7.66. The molecule has 0 spiro atoms. The number of ether oxygens (including phenoxy) is 1. The predicted molar refractivity (Wildman–Crippen MR) is 101 cm³/mol. The zero-order valence-electron chi connectivity index (χ0n) is 16.1. The molecule has 1 aliphatic carbocycles. The number of hydrogen-bond acceptors (Lipinski definition) is 5. The molecule has 1 aliphatic heterocycles. The lowest BCUT2D eigenvalue weighted by molar-refractivity contribution is -0.139. The van der Waals surface area contributed by atoms with Crippen LogP contribution in [0.1, 0.15) is 52.4 Å². The molecule has 26 heavy (non-hydrogen) atoms. The number of nitrogens with zero attached hydrogens (tertiary/aromatic N) is 2. The number of carbonyl (C=O) groups is 1. The van der Waals surface area contributed by atoms with Gasteiger partial charge in [-0.05, 0) is 38.5 Å². The van der Waals surface area contributed by atoms with Gasteiger partial charge in [0.2, 0.25) is 10.0 Å². The van der Waals surface area contributed by atoms with Crippen LogP contribution in [0.15, 0.2) is 0 Å². The van der Waals surface area contributed by atoms with Gasteiger partial charge in [0.1, 0.15) is 0 Å². The molecule has 0 amide bonds. The van der Waals surface area contributed by atoms with E-state index in [1.165, 1.54) is 23.6 Å². The van der Waals surface area contributed by atoms with E-state index in [2.05, 4.69) is 6.92 Å². The summed E-state index contributed by atoms with van der Waals surface area (Å²) in [6.45, 7) is 5.92. The summed E-state index contributed by atoms with van der Waals surface area (Å²) in [5, 5.41) is 9.24. The number of sulfonamides is 1. The Kier molecular flexibility index (Phi) is 8.32. The van der Waals surface area contributed by atoms with E-state index in [1.54, 1.807) is 6.92 Å².